The molecule has 4 N–H and O–H groups in total. The number of methoxy groups -OCH3 is 2. The van der Waals surface area contributed by atoms with Gasteiger partial charge in [-0.05, 0) is 38.0 Å². The van der Waals surface area contributed by atoms with Crippen LogP contribution in [0.25, 0.3) is 0 Å². The molecule has 12 heteroatoms. The molecule has 0 radical (unpaired) electrons. The molecule has 0 aliphatic heterocycles. The smallest absolute Gasteiger partial charge is 0.381 e. The summed E-state index contributed by atoms with van der Waals surface area (Å²) in [5, 5.41) is 14.1. The van der Waals surface area contributed by atoms with Gasteiger partial charge in [0.15, 0.2) is 5.76 Å². The number of anilines is 2. The maximum Gasteiger partial charge on any atom is 0.381 e. The number of nitrogens with two attached hydrogens (primary N) is 1. The van der Waals surface area contributed by atoms with Crippen molar-refractivity contribution in [1.29, 1.82) is 0 Å². The largest absolute Gasteiger partial charge is 0.488 e. The number of hydrogen-bond donors (Lipinski definition) is 3. The minimum absolute atomic E-state index is 0.00530. The molecule has 0 unspecified atom stereocenters. The zero-order chi connectivity index (χ0) is 22.4. The fourth-order valence-corrected chi connectivity index (χ4v) is 3.54. The number of nitrogens with zero attached hydrogens (tertiary/aromatic N) is 3. The van der Waals surface area contributed by atoms with E-state index in [0.717, 1.165) is 24.2 Å². The van der Waals surface area contributed by atoms with E-state index in [1.165, 1.54) is 19.4 Å². The maximum absolute atomic E-state index is 12.6. The lowest BCUT2D eigenvalue weighted by atomic mass is 10.2. The van der Waals surface area contributed by atoms with Crippen LogP contribution in [0.3, 0.4) is 0 Å². The average molecular weight is 449 g/mol. The minimum atomic E-state index is -0.767. The number of carbonyl (C=O) groups is 1. The van der Waals surface area contributed by atoms with E-state index in [4.69, 9.17) is 19.6 Å². The van der Waals surface area contributed by atoms with Crippen LogP contribution in [0, 0.1) is 5.92 Å². The first-order valence-corrected chi connectivity index (χ1v) is 10.3. The van der Waals surface area contributed by atoms with Crippen molar-refractivity contribution in [2.75, 3.05) is 31.5 Å². The summed E-state index contributed by atoms with van der Waals surface area (Å²) in [5.41, 5.74) is 5.55. The third kappa shape index (κ3) is 5.89. The van der Waals surface area contributed by atoms with Crippen LogP contribution in [0.5, 0.6) is 5.75 Å². The molecule has 1 amide bonds. The third-order valence-electron chi connectivity index (χ3n) is 4.46. The number of rotatable bonds is 10. The Morgan fingerprint density at radius 3 is 2.87 bits per heavy atom. The Labute approximate surface area is 182 Å². The lowest BCUT2D eigenvalue weighted by Gasteiger charge is -2.20. The van der Waals surface area contributed by atoms with Crippen molar-refractivity contribution in [3.63, 3.8) is 0 Å². The second-order valence-corrected chi connectivity index (χ2v) is 7.80. The maximum atomic E-state index is 12.6. The predicted molar refractivity (Wildman–Crippen MR) is 117 cm³/mol. The van der Waals surface area contributed by atoms with Crippen LogP contribution in [-0.4, -0.2) is 48.7 Å². The molecule has 1 fully saturated rings. The Hall–Kier alpha value is -3.25. The molecule has 1 aliphatic rings. The molecule has 0 bridgehead atoms. The fourth-order valence-electron chi connectivity index (χ4n) is 2.87. The van der Waals surface area contributed by atoms with E-state index in [0.29, 0.717) is 29.1 Å². The summed E-state index contributed by atoms with van der Waals surface area (Å²) in [6.45, 7) is 2.21. The Kier molecular flexibility index (Phi) is 7.36. The number of nitrogens with one attached hydrogen (secondary N) is 2. The first-order valence-electron chi connectivity index (χ1n) is 9.51. The highest BCUT2D eigenvalue weighted by Gasteiger charge is 2.32. The van der Waals surface area contributed by atoms with E-state index < -0.39 is 11.5 Å². The van der Waals surface area contributed by atoms with E-state index in [9.17, 15) is 9.59 Å². The highest BCUT2D eigenvalue weighted by Crippen LogP contribution is 2.35. The van der Waals surface area contributed by atoms with Crippen LogP contribution in [0.2, 0.25) is 0 Å². The van der Waals surface area contributed by atoms with Gasteiger partial charge in [-0.25, -0.2) is 9.79 Å². The molecule has 2 aromatic heterocycles. The summed E-state index contributed by atoms with van der Waals surface area (Å²) in [4.78, 5) is 29.2. The topological polar surface area (TPSA) is 154 Å². The summed E-state index contributed by atoms with van der Waals surface area (Å²) in [6, 6.07) is 1.42. The Morgan fingerprint density at radius 2 is 2.23 bits per heavy atom. The van der Waals surface area contributed by atoms with Crippen molar-refractivity contribution in [3.05, 3.63) is 34.5 Å². The molecule has 2 heterocycles. The second-order valence-electron chi connectivity index (χ2n) is 6.84. The number of amides is 1. The Bertz CT molecular complexity index is 1040. The fraction of sp³-hybridized carbons (Fsp3) is 0.421. The molecule has 1 saturated carbocycles. The van der Waals surface area contributed by atoms with Gasteiger partial charge in [0, 0.05) is 18.9 Å². The second kappa shape index (κ2) is 10.2. The predicted octanol–water partition coefficient (Wildman–Crippen LogP) is 2.15. The molecule has 3 rings (SSSR count). The minimum Gasteiger partial charge on any atom is -0.488 e. The summed E-state index contributed by atoms with van der Waals surface area (Å²) in [7, 11) is 2.98. The van der Waals surface area contributed by atoms with Crippen LogP contribution < -0.4 is 26.7 Å². The van der Waals surface area contributed by atoms with Crippen LogP contribution in [0.1, 0.15) is 30.3 Å². The van der Waals surface area contributed by atoms with Gasteiger partial charge in [-0.3, -0.25) is 10.1 Å². The standard InChI is InChI=1S/C19H24N6O5S/c1-10(6-7-20)21-18-24-25-19(31-18)23-16(26)14-8-12(15(29-3)17(27)30-14)22-13(9-28-2)11-4-5-11/h6-8,11,13,22H,4-5,9,20H2,1-3H3,(H,23,25,26)/t13-/m1/s1. The number of carbonyl (C=O) groups excluding carboxylic acids is 1. The van der Waals surface area contributed by atoms with Crippen LogP contribution in [-0.2, 0) is 4.74 Å². The number of ether oxygens (including phenoxy) is 2. The van der Waals surface area contributed by atoms with Crippen molar-refractivity contribution >= 4 is 38.9 Å². The van der Waals surface area contributed by atoms with Gasteiger partial charge in [0.2, 0.25) is 16.0 Å². The molecular weight excluding hydrogens is 424 g/mol. The van der Waals surface area contributed by atoms with Gasteiger partial charge < -0.3 is 24.9 Å². The summed E-state index contributed by atoms with van der Waals surface area (Å²) >= 11 is 1.06. The first-order chi connectivity index (χ1) is 14.9. The molecule has 31 heavy (non-hydrogen) atoms. The first kappa shape index (κ1) is 22.4. The SMILES string of the molecule is COC[C@@H](Nc1cc(C(=O)Nc2nnc(N=C(C)C=CN)s2)oc(=O)c1OC)C1CC1. The lowest BCUT2D eigenvalue weighted by molar-refractivity contribution is 0.0991. The molecule has 166 valence electrons. The number of aromatic nitrogens is 2. The summed E-state index contributed by atoms with van der Waals surface area (Å²) < 4.78 is 15.6. The van der Waals surface area contributed by atoms with Crippen LogP contribution in [0.15, 0.2) is 32.5 Å². The summed E-state index contributed by atoms with van der Waals surface area (Å²) in [6.07, 6.45) is 5.11. The van der Waals surface area contributed by atoms with E-state index in [2.05, 4.69) is 25.8 Å². The van der Waals surface area contributed by atoms with E-state index in [1.807, 2.05) is 0 Å². The zero-order valence-corrected chi connectivity index (χ0v) is 18.2. The molecule has 11 nitrogen and oxygen atoms in total. The van der Waals surface area contributed by atoms with E-state index in [-0.39, 0.29) is 22.7 Å². The monoisotopic (exact) mass is 448 g/mol. The van der Waals surface area contributed by atoms with Gasteiger partial charge in [-0.2, -0.15) is 0 Å². The van der Waals surface area contributed by atoms with Crippen LogP contribution in [0.4, 0.5) is 16.0 Å². The van der Waals surface area contributed by atoms with Gasteiger partial charge >= 0.3 is 5.63 Å². The van der Waals surface area contributed by atoms with Gasteiger partial charge in [0.05, 0.1) is 25.4 Å². The molecule has 1 atom stereocenters. The number of hydrogen-bond acceptors (Lipinski definition) is 11. The molecular formula is C19H24N6O5S. The van der Waals surface area contributed by atoms with E-state index >= 15 is 0 Å². The third-order valence-corrected chi connectivity index (χ3v) is 5.19. The normalized spacial score (nSPS) is 15.1. The van der Waals surface area contributed by atoms with Gasteiger partial charge in [-0.1, -0.05) is 11.3 Å². The van der Waals surface area contributed by atoms with Crippen molar-refractivity contribution in [2.45, 2.75) is 25.8 Å². The quantitative estimate of drug-likeness (QED) is 0.464. The number of allylic oxidation sites excluding steroid dienone is 1. The van der Waals surface area contributed by atoms with Crippen molar-refractivity contribution in [3.8, 4) is 5.75 Å². The lowest BCUT2D eigenvalue weighted by Crippen LogP contribution is -2.28. The van der Waals surface area contributed by atoms with Gasteiger partial charge in [0.25, 0.3) is 5.91 Å². The Balaban J connectivity index is 1.79. The van der Waals surface area contributed by atoms with Crippen molar-refractivity contribution in [2.24, 2.45) is 16.6 Å². The average Bonchev–Trinajstić information content (AvgIpc) is 3.49. The highest BCUT2D eigenvalue weighted by atomic mass is 32.1. The molecule has 0 spiro atoms. The van der Waals surface area contributed by atoms with Gasteiger partial charge in [-0.15, -0.1) is 10.2 Å². The highest BCUT2D eigenvalue weighted by molar-refractivity contribution is 7.18. The van der Waals surface area contributed by atoms with E-state index in [1.54, 1.807) is 20.1 Å². The number of aliphatic imine (C=N–C) groups is 1. The molecule has 2 aromatic rings. The van der Waals surface area contributed by atoms with Crippen LogP contribution >= 0.6 is 11.3 Å². The van der Waals surface area contributed by atoms with Crippen molar-refractivity contribution < 1.29 is 18.7 Å². The molecule has 1 aliphatic carbocycles. The zero-order valence-electron chi connectivity index (χ0n) is 17.4. The van der Waals surface area contributed by atoms with Crippen molar-refractivity contribution in [1.82, 2.24) is 10.2 Å². The van der Waals surface area contributed by atoms with Gasteiger partial charge in [0.1, 0.15) is 0 Å². The Morgan fingerprint density at radius 1 is 1.45 bits per heavy atom. The summed E-state index contributed by atoms with van der Waals surface area (Å²) in [5.74, 6) is -0.410. The molecule has 0 aromatic carbocycles. The molecule has 0 saturated heterocycles.